The predicted molar refractivity (Wildman–Crippen MR) is 107 cm³/mol. The number of fused-ring (bicyclic) bond motifs is 1. The molecule has 0 amide bonds. The number of hydrogen-bond acceptors (Lipinski definition) is 2. The zero-order chi connectivity index (χ0) is 17.9. The number of rotatable bonds is 5. The molecule has 1 aromatic carbocycles. The molecule has 5 heteroatoms. The summed E-state index contributed by atoms with van der Waals surface area (Å²) in [5.74, 6) is 0. The van der Waals surface area contributed by atoms with Gasteiger partial charge < -0.3 is 4.98 Å². The smallest absolute Gasteiger partial charge is 0.137 e. The Balaban J connectivity index is 1.43. The summed E-state index contributed by atoms with van der Waals surface area (Å²) in [4.78, 5) is 12.2. The highest BCUT2D eigenvalue weighted by Crippen LogP contribution is 2.23. The van der Waals surface area contributed by atoms with E-state index in [9.17, 15) is 0 Å². The molecule has 0 radical (unpaired) electrons. The molecule has 3 nitrogen and oxygen atoms in total. The Morgan fingerprint density at radius 3 is 2.65 bits per heavy atom. The summed E-state index contributed by atoms with van der Waals surface area (Å²) in [6.07, 6.45) is 8.30. The van der Waals surface area contributed by atoms with Crippen LogP contribution in [-0.4, -0.2) is 15.0 Å². The van der Waals surface area contributed by atoms with Crippen molar-refractivity contribution in [3.63, 3.8) is 0 Å². The lowest BCUT2D eigenvalue weighted by atomic mass is 10.0. The molecule has 0 spiro atoms. The first-order chi connectivity index (χ1) is 12.7. The molecule has 0 saturated carbocycles. The number of aromatic amines is 1. The molecule has 4 rings (SSSR count). The number of nitrogens with one attached hydrogen (secondary N) is 1. The molecular formula is C21H17Cl2N3. The summed E-state index contributed by atoms with van der Waals surface area (Å²) in [5.41, 5.74) is 5.49. The number of nitrogens with zero attached hydrogens (tertiary/aromatic N) is 2. The van der Waals surface area contributed by atoms with Crippen LogP contribution in [0.15, 0.2) is 61.1 Å². The van der Waals surface area contributed by atoms with E-state index in [0.29, 0.717) is 10.0 Å². The lowest BCUT2D eigenvalue weighted by molar-refractivity contribution is 0.908. The third kappa shape index (κ3) is 3.74. The molecule has 3 heterocycles. The van der Waals surface area contributed by atoms with Crippen LogP contribution in [0.2, 0.25) is 10.0 Å². The monoisotopic (exact) mass is 381 g/mol. The van der Waals surface area contributed by atoms with Gasteiger partial charge in [-0.1, -0.05) is 35.3 Å². The van der Waals surface area contributed by atoms with Crippen LogP contribution in [0.4, 0.5) is 0 Å². The topological polar surface area (TPSA) is 41.6 Å². The van der Waals surface area contributed by atoms with Crippen molar-refractivity contribution in [2.75, 3.05) is 0 Å². The van der Waals surface area contributed by atoms with Gasteiger partial charge in [0.15, 0.2) is 0 Å². The van der Waals surface area contributed by atoms with Crippen molar-refractivity contribution in [3.8, 4) is 0 Å². The van der Waals surface area contributed by atoms with Gasteiger partial charge >= 0.3 is 0 Å². The third-order valence-electron chi connectivity index (χ3n) is 4.48. The Hall–Kier alpha value is -2.36. The molecule has 3 aromatic heterocycles. The van der Waals surface area contributed by atoms with Crippen LogP contribution in [0.3, 0.4) is 0 Å². The highest BCUT2D eigenvalue weighted by molar-refractivity contribution is 6.35. The molecule has 26 heavy (non-hydrogen) atoms. The Bertz CT molecular complexity index is 1040. The molecular weight excluding hydrogens is 365 g/mol. The fourth-order valence-corrected chi connectivity index (χ4v) is 3.58. The minimum atomic E-state index is 0.661. The second-order valence-corrected chi connectivity index (χ2v) is 7.13. The lowest BCUT2D eigenvalue weighted by Crippen LogP contribution is -1.97. The Labute approximate surface area is 162 Å². The summed E-state index contributed by atoms with van der Waals surface area (Å²) in [7, 11) is 0. The molecule has 0 atom stereocenters. The lowest BCUT2D eigenvalue weighted by Gasteiger charge is -2.06. The average Bonchev–Trinajstić information content (AvgIpc) is 3.05. The van der Waals surface area contributed by atoms with Crippen LogP contribution in [0.25, 0.3) is 11.0 Å². The Morgan fingerprint density at radius 1 is 0.923 bits per heavy atom. The van der Waals surface area contributed by atoms with Crippen molar-refractivity contribution >= 4 is 34.2 Å². The van der Waals surface area contributed by atoms with E-state index in [-0.39, 0.29) is 0 Å². The summed E-state index contributed by atoms with van der Waals surface area (Å²) in [6, 6.07) is 13.9. The van der Waals surface area contributed by atoms with E-state index in [2.05, 4.69) is 33.2 Å². The van der Waals surface area contributed by atoms with Crippen LogP contribution in [-0.2, 0) is 19.3 Å². The van der Waals surface area contributed by atoms with Gasteiger partial charge in [-0.15, -0.1) is 0 Å². The highest BCUT2D eigenvalue weighted by atomic mass is 35.5. The molecule has 4 aromatic rings. The predicted octanol–water partition coefficient (Wildman–Crippen LogP) is 5.64. The summed E-state index contributed by atoms with van der Waals surface area (Å²) >= 11 is 12.2. The van der Waals surface area contributed by atoms with Gasteiger partial charge in [0.05, 0.1) is 0 Å². The zero-order valence-electron chi connectivity index (χ0n) is 14.0. The van der Waals surface area contributed by atoms with Gasteiger partial charge in [-0.25, -0.2) is 4.98 Å². The first kappa shape index (κ1) is 17.1. The number of benzene rings is 1. The number of pyridine rings is 2. The second-order valence-electron chi connectivity index (χ2n) is 6.28. The third-order valence-corrected chi connectivity index (χ3v) is 5.07. The minimum Gasteiger partial charge on any atom is -0.346 e. The van der Waals surface area contributed by atoms with Gasteiger partial charge in [-0.2, -0.15) is 0 Å². The number of H-pyrrole nitrogens is 1. The maximum absolute atomic E-state index is 6.24. The van der Waals surface area contributed by atoms with Crippen molar-refractivity contribution in [1.82, 2.24) is 15.0 Å². The van der Waals surface area contributed by atoms with E-state index in [0.717, 1.165) is 41.6 Å². The van der Waals surface area contributed by atoms with Gasteiger partial charge in [-0.3, -0.25) is 4.98 Å². The highest BCUT2D eigenvalue weighted by Gasteiger charge is 2.06. The maximum atomic E-state index is 6.24. The fourth-order valence-electron chi connectivity index (χ4n) is 3.07. The van der Waals surface area contributed by atoms with Crippen molar-refractivity contribution in [1.29, 1.82) is 0 Å². The van der Waals surface area contributed by atoms with Crippen LogP contribution in [0.5, 0.6) is 0 Å². The summed E-state index contributed by atoms with van der Waals surface area (Å²) in [5, 5.41) is 2.53. The zero-order valence-corrected chi connectivity index (χ0v) is 15.6. The molecule has 130 valence electrons. The van der Waals surface area contributed by atoms with E-state index in [1.54, 1.807) is 12.3 Å². The van der Waals surface area contributed by atoms with E-state index in [4.69, 9.17) is 23.2 Å². The van der Waals surface area contributed by atoms with Crippen molar-refractivity contribution in [3.05, 3.63) is 93.5 Å². The van der Waals surface area contributed by atoms with Crippen LogP contribution in [0, 0.1) is 0 Å². The molecule has 1 N–H and O–H groups in total. The van der Waals surface area contributed by atoms with Crippen LogP contribution >= 0.6 is 23.2 Å². The van der Waals surface area contributed by atoms with Crippen LogP contribution in [0.1, 0.15) is 22.4 Å². The van der Waals surface area contributed by atoms with Gasteiger partial charge in [0.25, 0.3) is 0 Å². The van der Waals surface area contributed by atoms with Gasteiger partial charge in [0.1, 0.15) is 5.65 Å². The number of aryl methyl sites for hydroxylation is 2. The number of halogens is 2. The molecule has 0 aliphatic heterocycles. The summed E-state index contributed by atoms with van der Waals surface area (Å²) < 4.78 is 0. The molecule has 0 saturated heterocycles. The molecule has 0 unspecified atom stereocenters. The molecule has 0 bridgehead atoms. The fraction of sp³-hybridized carbons (Fsp3) is 0.143. The largest absolute Gasteiger partial charge is 0.346 e. The normalized spacial score (nSPS) is 11.2. The summed E-state index contributed by atoms with van der Waals surface area (Å²) in [6.45, 7) is 0. The number of aromatic nitrogens is 3. The maximum Gasteiger partial charge on any atom is 0.137 e. The standard InChI is InChI=1S/C21H17Cl2N3/c22-17-6-4-15(20(23)11-17)5-8-18-7-3-14(12-25-18)10-16-13-26-21-19(16)2-1-9-24-21/h1-4,6-7,9,11-13H,5,8,10H2,(H,24,26). The van der Waals surface area contributed by atoms with E-state index in [1.165, 1.54) is 11.1 Å². The van der Waals surface area contributed by atoms with Crippen molar-refractivity contribution in [2.45, 2.75) is 19.3 Å². The van der Waals surface area contributed by atoms with Gasteiger partial charge in [0, 0.05) is 46.1 Å². The van der Waals surface area contributed by atoms with E-state index in [1.807, 2.05) is 30.6 Å². The van der Waals surface area contributed by atoms with E-state index < -0.39 is 0 Å². The van der Waals surface area contributed by atoms with Crippen LogP contribution < -0.4 is 0 Å². The molecule has 0 fully saturated rings. The second kappa shape index (κ2) is 7.48. The average molecular weight is 382 g/mol. The Morgan fingerprint density at radius 2 is 1.85 bits per heavy atom. The molecule has 0 aliphatic rings. The quantitative estimate of drug-likeness (QED) is 0.485. The first-order valence-corrected chi connectivity index (χ1v) is 9.23. The molecule has 0 aliphatic carbocycles. The van der Waals surface area contributed by atoms with Crippen molar-refractivity contribution in [2.24, 2.45) is 0 Å². The minimum absolute atomic E-state index is 0.661. The van der Waals surface area contributed by atoms with Gasteiger partial charge in [0.2, 0.25) is 0 Å². The van der Waals surface area contributed by atoms with Gasteiger partial charge in [-0.05, 0) is 59.9 Å². The van der Waals surface area contributed by atoms with E-state index >= 15 is 0 Å². The van der Waals surface area contributed by atoms with Crippen molar-refractivity contribution < 1.29 is 0 Å². The SMILES string of the molecule is Clc1ccc(CCc2ccc(Cc3c[nH]c4ncccc34)cn2)c(Cl)c1. The Kier molecular flexibility index (Phi) is 4.91. The first-order valence-electron chi connectivity index (χ1n) is 8.48. The number of hydrogen-bond donors (Lipinski definition) is 1.